The van der Waals surface area contributed by atoms with Gasteiger partial charge in [0.1, 0.15) is 0 Å². The Morgan fingerprint density at radius 2 is 2.15 bits per heavy atom. The first kappa shape index (κ1) is 18.3. The number of ether oxygens (including phenoxy) is 2. The number of hydrogen-bond acceptors (Lipinski definition) is 5. The van der Waals surface area contributed by atoms with Crippen LogP contribution in [0.1, 0.15) is 36.9 Å². The molecule has 5 nitrogen and oxygen atoms in total. The number of nitrogens with one attached hydrogen (secondary N) is 1. The zero-order chi connectivity index (χ0) is 18.6. The summed E-state index contributed by atoms with van der Waals surface area (Å²) >= 11 is 0. The highest BCUT2D eigenvalue weighted by Gasteiger charge is 2.32. The van der Waals surface area contributed by atoms with E-state index in [1.807, 2.05) is 24.5 Å². The van der Waals surface area contributed by atoms with Gasteiger partial charge in [-0.3, -0.25) is 9.88 Å². The molecule has 2 aliphatic heterocycles. The van der Waals surface area contributed by atoms with Gasteiger partial charge in [0.05, 0.1) is 0 Å². The predicted molar refractivity (Wildman–Crippen MR) is 106 cm³/mol. The molecule has 0 bridgehead atoms. The second-order valence-electron chi connectivity index (χ2n) is 7.80. The van der Waals surface area contributed by atoms with Crippen molar-refractivity contribution in [3.8, 4) is 11.5 Å². The summed E-state index contributed by atoms with van der Waals surface area (Å²) in [6.45, 7) is 4.82. The van der Waals surface area contributed by atoms with E-state index in [0.29, 0.717) is 24.8 Å². The number of aromatic nitrogens is 1. The number of likely N-dealkylation sites (tertiary alicyclic amines) is 1. The first-order chi connectivity index (χ1) is 13.2. The molecular formula is C22H29N3O2. The van der Waals surface area contributed by atoms with Gasteiger partial charge in [-0.05, 0) is 75.0 Å². The molecule has 5 heteroatoms. The van der Waals surface area contributed by atoms with Crippen molar-refractivity contribution in [3.63, 3.8) is 0 Å². The fourth-order valence-electron chi connectivity index (χ4n) is 4.25. The highest BCUT2D eigenvalue weighted by atomic mass is 16.7. The summed E-state index contributed by atoms with van der Waals surface area (Å²) in [6.07, 6.45) is 7.26. The van der Waals surface area contributed by atoms with Crippen molar-refractivity contribution in [2.75, 3.05) is 26.9 Å². The van der Waals surface area contributed by atoms with E-state index in [9.17, 15) is 0 Å². The van der Waals surface area contributed by atoms with Crippen LogP contribution in [0.15, 0.2) is 42.7 Å². The Hall–Kier alpha value is -2.11. The molecule has 4 rings (SSSR count). The topological polar surface area (TPSA) is 46.6 Å². The molecule has 3 heterocycles. The maximum Gasteiger partial charge on any atom is 0.231 e. The Balaban J connectivity index is 1.28. The third-order valence-electron chi connectivity index (χ3n) is 5.83. The van der Waals surface area contributed by atoms with Gasteiger partial charge in [0.2, 0.25) is 6.79 Å². The SMILES string of the molecule is C[C@@H](CCc1ccc2c(c1)OCO2)NC[C@@H]1CCN(C)[C@H]1c1cccnc1. The molecule has 0 aliphatic carbocycles. The van der Waals surface area contributed by atoms with Crippen LogP contribution in [-0.4, -0.2) is 42.9 Å². The lowest BCUT2D eigenvalue weighted by Gasteiger charge is -2.26. The number of fused-ring (bicyclic) bond motifs is 1. The van der Waals surface area contributed by atoms with Crippen molar-refractivity contribution < 1.29 is 9.47 Å². The van der Waals surface area contributed by atoms with Gasteiger partial charge in [-0.1, -0.05) is 12.1 Å². The molecule has 3 atom stereocenters. The van der Waals surface area contributed by atoms with E-state index in [1.165, 1.54) is 17.5 Å². The molecule has 27 heavy (non-hydrogen) atoms. The van der Waals surface area contributed by atoms with Crippen LogP contribution in [-0.2, 0) is 6.42 Å². The number of benzene rings is 1. The normalized spacial score (nSPS) is 22.9. The molecule has 2 aliphatic rings. The molecule has 0 radical (unpaired) electrons. The van der Waals surface area contributed by atoms with Crippen LogP contribution in [0.25, 0.3) is 0 Å². The highest BCUT2D eigenvalue weighted by Crippen LogP contribution is 2.35. The van der Waals surface area contributed by atoms with Crippen molar-refractivity contribution in [3.05, 3.63) is 53.9 Å². The fraction of sp³-hybridized carbons (Fsp3) is 0.500. The van der Waals surface area contributed by atoms with Gasteiger partial charge in [0.25, 0.3) is 0 Å². The van der Waals surface area contributed by atoms with Crippen LogP contribution in [0.2, 0.25) is 0 Å². The van der Waals surface area contributed by atoms with Crippen LogP contribution in [0.5, 0.6) is 11.5 Å². The monoisotopic (exact) mass is 367 g/mol. The molecule has 1 N–H and O–H groups in total. The standard InChI is InChI=1S/C22H29N3O2/c1-16(5-6-17-7-8-20-21(12-17)27-15-26-20)24-14-19-9-11-25(2)22(19)18-4-3-10-23-13-18/h3-4,7-8,10,12-13,16,19,22,24H,5-6,9,11,14-15H2,1-2H3/t16-,19-,22-/m0/s1. The van der Waals surface area contributed by atoms with Crippen molar-refractivity contribution >= 4 is 0 Å². The second-order valence-corrected chi connectivity index (χ2v) is 7.80. The second kappa shape index (κ2) is 8.28. The van der Waals surface area contributed by atoms with E-state index in [0.717, 1.165) is 37.4 Å². The van der Waals surface area contributed by atoms with Gasteiger partial charge in [-0.25, -0.2) is 0 Å². The minimum absolute atomic E-state index is 0.338. The molecule has 1 saturated heterocycles. The van der Waals surface area contributed by atoms with E-state index < -0.39 is 0 Å². The van der Waals surface area contributed by atoms with Crippen LogP contribution >= 0.6 is 0 Å². The zero-order valence-corrected chi connectivity index (χ0v) is 16.2. The Kier molecular flexibility index (Phi) is 5.60. The molecule has 144 valence electrons. The number of hydrogen-bond donors (Lipinski definition) is 1. The molecular weight excluding hydrogens is 338 g/mol. The summed E-state index contributed by atoms with van der Waals surface area (Å²) in [5, 5.41) is 3.76. The van der Waals surface area contributed by atoms with Gasteiger partial charge >= 0.3 is 0 Å². The van der Waals surface area contributed by atoms with Gasteiger partial charge < -0.3 is 14.8 Å². The lowest BCUT2D eigenvalue weighted by molar-refractivity contribution is 0.174. The van der Waals surface area contributed by atoms with Crippen molar-refractivity contribution in [2.24, 2.45) is 5.92 Å². The van der Waals surface area contributed by atoms with Gasteiger partial charge in [0.15, 0.2) is 11.5 Å². The summed E-state index contributed by atoms with van der Waals surface area (Å²) in [5.74, 6) is 2.37. The maximum atomic E-state index is 5.48. The van der Waals surface area contributed by atoms with Gasteiger partial charge in [-0.2, -0.15) is 0 Å². The third-order valence-corrected chi connectivity index (χ3v) is 5.83. The van der Waals surface area contributed by atoms with Crippen molar-refractivity contribution in [1.29, 1.82) is 0 Å². The highest BCUT2D eigenvalue weighted by molar-refractivity contribution is 5.44. The summed E-state index contributed by atoms with van der Waals surface area (Å²) in [4.78, 5) is 6.77. The maximum absolute atomic E-state index is 5.48. The lowest BCUT2D eigenvalue weighted by Crippen LogP contribution is -2.34. The zero-order valence-electron chi connectivity index (χ0n) is 16.2. The number of nitrogens with zero attached hydrogens (tertiary/aromatic N) is 2. The Morgan fingerprint density at radius 1 is 1.26 bits per heavy atom. The fourth-order valence-corrected chi connectivity index (χ4v) is 4.25. The Morgan fingerprint density at radius 3 is 3.00 bits per heavy atom. The van der Waals surface area contributed by atoms with Crippen LogP contribution in [0, 0.1) is 5.92 Å². The summed E-state index contributed by atoms with van der Waals surface area (Å²) in [6, 6.07) is 11.5. The number of rotatable bonds is 7. The molecule has 1 fully saturated rings. The first-order valence-corrected chi connectivity index (χ1v) is 9.93. The predicted octanol–water partition coefficient (Wildman–Crippen LogP) is 3.41. The smallest absolute Gasteiger partial charge is 0.231 e. The summed E-state index contributed by atoms with van der Waals surface area (Å²) in [5.41, 5.74) is 2.64. The minimum atomic E-state index is 0.338. The Labute approximate surface area is 161 Å². The van der Waals surface area contributed by atoms with E-state index in [-0.39, 0.29) is 0 Å². The lowest BCUT2D eigenvalue weighted by atomic mass is 9.94. The average Bonchev–Trinajstić information content (AvgIpc) is 3.31. The number of pyridine rings is 1. The van der Waals surface area contributed by atoms with Crippen LogP contribution in [0.4, 0.5) is 0 Å². The molecule has 2 aromatic rings. The largest absolute Gasteiger partial charge is 0.454 e. The molecule has 1 aromatic heterocycles. The first-order valence-electron chi connectivity index (χ1n) is 9.93. The van der Waals surface area contributed by atoms with E-state index in [4.69, 9.17) is 9.47 Å². The van der Waals surface area contributed by atoms with E-state index >= 15 is 0 Å². The van der Waals surface area contributed by atoms with Crippen LogP contribution < -0.4 is 14.8 Å². The number of aryl methyl sites for hydroxylation is 1. The van der Waals surface area contributed by atoms with Crippen molar-refractivity contribution in [2.45, 2.75) is 38.3 Å². The molecule has 0 amide bonds. The van der Waals surface area contributed by atoms with E-state index in [1.54, 1.807) is 0 Å². The minimum Gasteiger partial charge on any atom is -0.454 e. The van der Waals surface area contributed by atoms with E-state index in [2.05, 4.69) is 47.4 Å². The van der Waals surface area contributed by atoms with Crippen LogP contribution in [0.3, 0.4) is 0 Å². The summed E-state index contributed by atoms with van der Waals surface area (Å²) < 4.78 is 10.9. The third kappa shape index (κ3) is 4.25. The molecule has 1 aromatic carbocycles. The quantitative estimate of drug-likeness (QED) is 0.813. The molecule has 0 unspecified atom stereocenters. The Bertz CT molecular complexity index is 752. The van der Waals surface area contributed by atoms with Gasteiger partial charge in [0, 0.05) is 31.0 Å². The van der Waals surface area contributed by atoms with Gasteiger partial charge in [-0.15, -0.1) is 0 Å². The van der Waals surface area contributed by atoms with Crippen molar-refractivity contribution in [1.82, 2.24) is 15.2 Å². The molecule has 0 spiro atoms. The average molecular weight is 367 g/mol. The summed E-state index contributed by atoms with van der Waals surface area (Å²) in [7, 11) is 2.22. The molecule has 0 saturated carbocycles.